The Hall–Kier alpha value is -0.596. The SMILES string of the molecule is CCC(CCCC/C(=C/C(=O)OC(C)(C)C)O[Si](C)(C)C(C)(C)C)O[Si](C)(C)C(C)(C)C. The van der Waals surface area contributed by atoms with Crippen molar-refractivity contribution in [3.8, 4) is 0 Å². The van der Waals surface area contributed by atoms with Crippen molar-refractivity contribution in [2.75, 3.05) is 0 Å². The second kappa shape index (κ2) is 11.7. The van der Waals surface area contributed by atoms with Gasteiger partial charge >= 0.3 is 5.97 Å². The quantitative estimate of drug-likeness (QED) is 0.0964. The predicted octanol–water partition coefficient (Wildman–Crippen LogP) is 8.59. The Morgan fingerprint density at radius 1 is 0.844 bits per heavy atom. The summed E-state index contributed by atoms with van der Waals surface area (Å²) in [4.78, 5) is 12.5. The van der Waals surface area contributed by atoms with Gasteiger partial charge in [0.15, 0.2) is 8.32 Å². The minimum absolute atomic E-state index is 0.0737. The number of carbonyl (C=O) groups is 1. The molecular formula is C26H54O4Si2. The van der Waals surface area contributed by atoms with Crippen LogP contribution >= 0.6 is 0 Å². The highest BCUT2D eigenvalue weighted by Gasteiger charge is 2.40. The molecule has 6 heteroatoms. The Bertz CT molecular complexity index is 617. The number of allylic oxidation sites excluding steroid dienone is 1. The van der Waals surface area contributed by atoms with E-state index >= 15 is 0 Å². The molecule has 0 aromatic carbocycles. The maximum atomic E-state index is 12.5. The lowest BCUT2D eigenvalue weighted by Crippen LogP contribution is -2.43. The number of carbonyl (C=O) groups excluding carboxylic acids is 1. The Morgan fingerprint density at radius 3 is 1.75 bits per heavy atom. The van der Waals surface area contributed by atoms with Gasteiger partial charge in [-0.15, -0.1) is 0 Å². The molecule has 0 bridgehead atoms. The Kier molecular flexibility index (Phi) is 11.5. The van der Waals surface area contributed by atoms with Crippen LogP contribution in [0.5, 0.6) is 0 Å². The van der Waals surface area contributed by atoms with Gasteiger partial charge in [0.05, 0.1) is 11.8 Å². The molecular weight excluding hydrogens is 432 g/mol. The third-order valence-electron chi connectivity index (χ3n) is 6.80. The molecule has 0 saturated carbocycles. The average Bonchev–Trinajstić information content (AvgIpc) is 2.52. The fourth-order valence-electron chi connectivity index (χ4n) is 2.71. The van der Waals surface area contributed by atoms with E-state index in [0.29, 0.717) is 6.10 Å². The van der Waals surface area contributed by atoms with Gasteiger partial charge in [-0.25, -0.2) is 4.79 Å². The van der Waals surface area contributed by atoms with Crippen molar-refractivity contribution < 1.29 is 18.4 Å². The maximum absolute atomic E-state index is 12.5. The van der Waals surface area contributed by atoms with Gasteiger partial charge < -0.3 is 13.6 Å². The van der Waals surface area contributed by atoms with Crippen LogP contribution in [0.4, 0.5) is 0 Å². The topological polar surface area (TPSA) is 44.8 Å². The van der Waals surface area contributed by atoms with E-state index in [1.54, 1.807) is 6.08 Å². The fourth-order valence-corrected chi connectivity index (χ4v) is 5.30. The van der Waals surface area contributed by atoms with E-state index in [1.807, 2.05) is 20.8 Å². The monoisotopic (exact) mass is 486 g/mol. The predicted molar refractivity (Wildman–Crippen MR) is 143 cm³/mol. The molecule has 0 aliphatic rings. The van der Waals surface area contributed by atoms with Gasteiger partial charge in [-0.3, -0.25) is 0 Å². The molecule has 0 aromatic heterocycles. The highest BCUT2D eigenvalue weighted by atomic mass is 28.4. The molecule has 0 radical (unpaired) electrons. The smallest absolute Gasteiger partial charge is 0.334 e. The molecule has 0 N–H and O–H groups in total. The minimum atomic E-state index is -2.03. The molecule has 0 aliphatic heterocycles. The van der Waals surface area contributed by atoms with Crippen molar-refractivity contribution in [2.24, 2.45) is 0 Å². The molecule has 32 heavy (non-hydrogen) atoms. The molecule has 1 unspecified atom stereocenters. The number of rotatable bonds is 11. The standard InChI is InChI=1S/C26H54O4Si2/c1-15-21(29-31(11,12)25(5,6)7)18-16-17-19-22(20-23(27)28-24(2,3)4)30-32(13,14)26(8,9)10/h20-21H,15-19H2,1-14H3/b22-20-. The van der Waals surface area contributed by atoms with E-state index < -0.39 is 22.2 Å². The first kappa shape index (κ1) is 31.4. The van der Waals surface area contributed by atoms with Crippen LogP contribution < -0.4 is 0 Å². The third kappa shape index (κ3) is 11.5. The summed E-state index contributed by atoms with van der Waals surface area (Å²) in [6, 6.07) is 0. The average molecular weight is 487 g/mol. The van der Waals surface area contributed by atoms with E-state index in [2.05, 4.69) is 74.7 Å². The van der Waals surface area contributed by atoms with E-state index in [1.165, 1.54) is 0 Å². The number of unbranched alkanes of at least 4 members (excludes halogenated alkanes) is 1. The molecule has 0 aliphatic carbocycles. The van der Waals surface area contributed by atoms with Crippen molar-refractivity contribution in [1.82, 2.24) is 0 Å². The van der Waals surface area contributed by atoms with Crippen molar-refractivity contribution >= 4 is 22.6 Å². The fraction of sp³-hybridized carbons (Fsp3) is 0.885. The van der Waals surface area contributed by atoms with Gasteiger partial charge in [-0.2, -0.15) is 0 Å². The number of hydrogen-bond donors (Lipinski definition) is 0. The zero-order chi connectivity index (χ0) is 25.6. The Morgan fingerprint density at radius 2 is 1.34 bits per heavy atom. The van der Waals surface area contributed by atoms with Gasteiger partial charge in [0.2, 0.25) is 8.32 Å². The molecule has 0 saturated heterocycles. The van der Waals surface area contributed by atoms with Crippen molar-refractivity contribution in [3.63, 3.8) is 0 Å². The highest BCUT2D eigenvalue weighted by Crippen LogP contribution is 2.39. The Balaban J connectivity index is 5.17. The van der Waals surface area contributed by atoms with Crippen LogP contribution in [0, 0.1) is 0 Å². The second-order valence-corrected chi connectivity index (χ2v) is 22.6. The summed E-state index contributed by atoms with van der Waals surface area (Å²) in [6.07, 6.45) is 6.74. The first-order chi connectivity index (χ1) is 14.1. The highest BCUT2D eigenvalue weighted by molar-refractivity contribution is 6.74. The lowest BCUT2D eigenvalue weighted by molar-refractivity contribution is -0.148. The third-order valence-corrected chi connectivity index (χ3v) is 15.7. The van der Waals surface area contributed by atoms with Gasteiger partial charge in [-0.05, 0) is 76.3 Å². The number of hydrogen-bond acceptors (Lipinski definition) is 4. The van der Waals surface area contributed by atoms with Crippen LogP contribution in [-0.4, -0.2) is 34.3 Å². The summed E-state index contributed by atoms with van der Waals surface area (Å²) >= 11 is 0. The lowest BCUT2D eigenvalue weighted by atomic mass is 10.1. The molecule has 4 nitrogen and oxygen atoms in total. The Labute approximate surface area is 202 Å². The number of esters is 1. The zero-order valence-electron chi connectivity index (χ0n) is 23.8. The van der Waals surface area contributed by atoms with Crippen LogP contribution in [0.2, 0.25) is 36.3 Å². The summed E-state index contributed by atoms with van der Waals surface area (Å²) in [5, 5.41) is 0.297. The van der Waals surface area contributed by atoms with Crippen LogP contribution in [0.3, 0.4) is 0 Å². The summed E-state index contributed by atoms with van der Waals surface area (Å²) in [6.45, 7) is 30.5. The van der Waals surface area contributed by atoms with E-state index in [9.17, 15) is 4.79 Å². The lowest BCUT2D eigenvalue weighted by Gasteiger charge is -2.39. The first-order valence-electron chi connectivity index (χ1n) is 12.4. The van der Waals surface area contributed by atoms with E-state index in [0.717, 1.165) is 37.9 Å². The van der Waals surface area contributed by atoms with Crippen molar-refractivity contribution in [3.05, 3.63) is 11.8 Å². The van der Waals surface area contributed by atoms with Gasteiger partial charge in [0.1, 0.15) is 5.60 Å². The zero-order valence-corrected chi connectivity index (χ0v) is 25.8. The van der Waals surface area contributed by atoms with E-state index in [4.69, 9.17) is 13.6 Å². The van der Waals surface area contributed by atoms with Gasteiger partial charge in [0, 0.05) is 12.5 Å². The van der Waals surface area contributed by atoms with Crippen LogP contribution in [0.1, 0.15) is 101 Å². The normalized spacial score (nSPS) is 15.5. The largest absolute Gasteiger partial charge is 0.546 e. The number of ether oxygens (including phenoxy) is 1. The van der Waals surface area contributed by atoms with Gasteiger partial charge in [-0.1, -0.05) is 54.9 Å². The first-order valence-corrected chi connectivity index (χ1v) is 18.2. The van der Waals surface area contributed by atoms with E-state index in [-0.39, 0.29) is 16.0 Å². The van der Waals surface area contributed by atoms with Gasteiger partial charge in [0.25, 0.3) is 0 Å². The molecule has 0 spiro atoms. The molecule has 0 amide bonds. The van der Waals surface area contributed by atoms with Crippen molar-refractivity contribution in [1.29, 1.82) is 0 Å². The molecule has 190 valence electrons. The molecule has 1 atom stereocenters. The molecule has 0 fully saturated rings. The van der Waals surface area contributed by atoms with Crippen LogP contribution in [-0.2, 0) is 18.4 Å². The second-order valence-electron chi connectivity index (χ2n) is 13.2. The minimum Gasteiger partial charge on any atom is -0.546 e. The summed E-state index contributed by atoms with van der Waals surface area (Å²) in [5.74, 6) is 0.447. The molecule has 0 heterocycles. The summed E-state index contributed by atoms with van der Waals surface area (Å²) in [5.41, 5.74) is -0.509. The molecule has 0 rings (SSSR count). The molecule has 0 aromatic rings. The maximum Gasteiger partial charge on any atom is 0.334 e. The van der Waals surface area contributed by atoms with Crippen LogP contribution in [0.25, 0.3) is 0 Å². The summed E-state index contributed by atoms with van der Waals surface area (Å²) < 4.78 is 18.7. The van der Waals surface area contributed by atoms with Crippen molar-refractivity contribution in [2.45, 2.75) is 149 Å². The summed E-state index contributed by atoms with van der Waals surface area (Å²) in [7, 11) is -3.79. The van der Waals surface area contributed by atoms with Crippen LogP contribution in [0.15, 0.2) is 11.8 Å².